The molecular weight excluding hydrogens is 351 g/mol. The maximum atomic E-state index is 12.3. The molecule has 1 aromatic heterocycles. The Labute approximate surface area is 150 Å². The van der Waals surface area contributed by atoms with Crippen molar-refractivity contribution in [2.45, 2.75) is 12.5 Å². The van der Waals surface area contributed by atoms with E-state index in [2.05, 4.69) is 17.2 Å². The topological polar surface area (TPSA) is 60.5 Å². The van der Waals surface area contributed by atoms with Crippen LogP contribution in [-0.2, 0) is 0 Å². The molecule has 0 fully saturated rings. The number of nitrogens with one attached hydrogen (secondary N) is 1. The summed E-state index contributed by atoms with van der Waals surface area (Å²) in [5, 5.41) is 3.39. The van der Waals surface area contributed by atoms with Crippen LogP contribution in [0.5, 0.6) is 11.5 Å². The minimum Gasteiger partial charge on any atom is -0.497 e. The third-order valence-corrected chi connectivity index (χ3v) is 3.92. The van der Waals surface area contributed by atoms with Crippen LogP contribution in [0, 0.1) is 6.92 Å². The number of ether oxygens (including phenoxy) is 2. The summed E-state index contributed by atoms with van der Waals surface area (Å²) < 4.78 is 10.7. The lowest BCUT2D eigenvalue weighted by atomic mass is 10.1. The number of hydrogen-bond acceptors (Lipinski definition) is 4. The maximum absolute atomic E-state index is 12.3. The number of methoxy groups -OCH3 is 1. The van der Waals surface area contributed by atoms with Gasteiger partial charge in [0.25, 0.3) is 5.91 Å². The van der Waals surface area contributed by atoms with Crippen molar-refractivity contribution in [3.8, 4) is 11.5 Å². The summed E-state index contributed by atoms with van der Waals surface area (Å²) in [7, 11) is 1.55. The van der Waals surface area contributed by atoms with Crippen LogP contribution in [0.3, 0.4) is 0 Å². The van der Waals surface area contributed by atoms with E-state index < -0.39 is 0 Å². The number of pyridine rings is 1. The zero-order chi connectivity index (χ0) is 17.5. The third-order valence-electron chi connectivity index (χ3n) is 3.24. The molecule has 0 aliphatic carbocycles. The molecule has 1 heterocycles. The van der Waals surface area contributed by atoms with Crippen LogP contribution >= 0.6 is 23.2 Å². The standard InChI is InChI=1S/C17H17Cl2N2O3/c1-3-12(10-24-14-8-15(18)16(19)20-9-14)21-17(22)11-5-4-6-13(7-11)23-2/h4-9,12H,1,3,10H2,2H3,(H,21,22). The van der Waals surface area contributed by atoms with E-state index in [1.54, 1.807) is 37.4 Å². The highest BCUT2D eigenvalue weighted by atomic mass is 35.5. The molecule has 5 nitrogen and oxygen atoms in total. The van der Waals surface area contributed by atoms with Crippen molar-refractivity contribution < 1.29 is 14.3 Å². The number of rotatable bonds is 7. The molecule has 1 unspecified atom stereocenters. The van der Waals surface area contributed by atoms with Crippen molar-refractivity contribution in [1.29, 1.82) is 0 Å². The van der Waals surface area contributed by atoms with Gasteiger partial charge in [-0.15, -0.1) is 0 Å². The lowest BCUT2D eigenvalue weighted by Crippen LogP contribution is -2.38. The molecule has 1 atom stereocenters. The van der Waals surface area contributed by atoms with Gasteiger partial charge >= 0.3 is 0 Å². The van der Waals surface area contributed by atoms with Crippen molar-refractivity contribution in [3.05, 3.63) is 59.2 Å². The second kappa shape index (κ2) is 8.76. The molecule has 0 aliphatic heterocycles. The molecule has 7 heteroatoms. The number of nitrogens with zero attached hydrogens (tertiary/aromatic N) is 1. The number of hydrogen-bond donors (Lipinski definition) is 1. The largest absolute Gasteiger partial charge is 0.497 e. The van der Waals surface area contributed by atoms with E-state index in [-0.39, 0.29) is 23.7 Å². The van der Waals surface area contributed by atoms with Crippen LogP contribution in [0.2, 0.25) is 10.2 Å². The Morgan fingerprint density at radius 3 is 2.79 bits per heavy atom. The van der Waals surface area contributed by atoms with Gasteiger partial charge < -0.3 is 14.8 Å². The van der Waals surface area contributed by atoms with Crippen LogP contribution in [-0.4, -0.2) is 30.6 Å². The number of aromatic nitrogens is 1. The van der Waals surface area contributed by atoms with Crippen LogP contribution in [0.1, 0.15) is 16.8 Å². The molecule has 0 saturated carbocycles. The third kappa shape index (κ3) is 5.01. The van der Waals surface area contributed by atoms with Gasteiger partial charge in [-0.25, -0.2) is 4.98 Å². The Morgan fingerprint density at radius 2 is 2.12 bits per heavy atom. The van der Waals surface area contributed by atoms with Gasteiger partial charge in [0.05, 0.1) is 24.4 Å². The number of carbonyl (C=O) groups excluding carboxylic acids is 1. The highest BCUT2D eigenvalue weighted by molar-refractivity contribution is 6.41. The predicted octanol–water partition coefficient (Wildman–Crippen LogP) is 3.80. The lowest BCUT2D eigenvalue weighted by Gasteiger charge is -2.18. The molecule has 0 bridgehead atoms. The van der Waals surface area contributed by atoms with Gasteiger partial charge in [0.1, 0.15) is 23.3 Å². The first kappa shape index (κ1) is 18.4. The number of benzene rings is 1. The fourth-order valence-corrected chi connectivity index (χ4v) is 2.17. The van der Waals surface area contributed by atoms with Crippen LogP contribution < -0.4 is 14.8 Å². The molecule has 1 radical (unpaired) electrons. The van der Waals surface area contributed by atoms with E-state index >= 15 is 0 Å². The van der Waals surface area contributed by atoms with E-state index in [1.807, 2.05) is 0 Å². The van der Waals surface area contributed by atoms with Gasteiger partial charge in [-0.2, -0.15) is 0 Å². The van der Waals surface area contributed by atoms with Gasteiger partial charge in [0.15, 0.2) is 0 Å². The van der Waals surface area contributed by atoms with E-state index in [4.69, 9.17) is 32.7 Å². The monoisotopic (exact) mass is 367 g/mol. The maximum Gasteiger partial charge on any atom is 0.251 e. The number of carbonyl (C=O) groups is 1. The van der Waals surface area contributed by atoms with Crippen molar-refractivity contribution in [2.75, 3.05) is 13.7 Å². The quantitative estimate of drug-likeness (QED) is 0.756. The number of halogens is 2. The molecule has 0 aliphatic rings. The molecule has 1 N–H and O–H groups in total. The minimum absolute atomic E-state index is 0.212. The number of amides is 1. The highest BCUT2D eigenvalue weighted by Gasteiger charge is 2.14. The summed E-state index contributed by atoms with van der Waals surface area (Å²) in [6.07, 6.45) is 1.93. The van der Waals surface area contributed by atoms with E-state index in [9.17, 15) is 4.79 Å². The molecule has 2 aromatic rings. The molecule has 0 spiro atoms. The summed E-state index contributed by atoms with van der Waals surface area (Å²) in [6, 6.07) is 8.21. The Hall–Kier alpha value is -1.98. The fourth-order valence-electron chi connectivity index (χ4n) is 1.91. The lowest BCUT2D eigenvalue weighted by molar-refractivity contribution is 0.0921. The molecule has 1 aromatic carbocycles. The van der Waals surface area contributed by atoms with Crippen molar-refractivity contribution in [1.82, 2.24) is 10.3 Å². The van der Waals surface area contributed by atoms with E-state index in [0.29, 0.717) is 28.5 Å². The average Bonchev–Trinajstić information content (AvgIpc) is 2.61. The van der Waals surface area contributed by atoms with Crippen molar-refractivity contribution in [3.63, 3.8) is 0 Å². The normalized spacial score (nSPS) is 11.7. The second-order valence-electron chi connectivity index (χ2n) is 4.95. The van der Waals surface area contributed by atoms with Crippen molar-refractivity contribution >= 4 is 29.1 Å². The SMILES string of the molecule is [CH2]CC(COc1cnc(Cl)c(Cl)c1)NC(=O)c1cccc(OC)c1. The van der Waals surface area contributed by atoms with Gasteiger partial charge in [-0.1, -0.05) is 36.2 Å². The Morgan fingerprint density at radius 1 is 1.33 bits per heavy atom. The molecule has 2 rings (SSSR count). The molecule has 24 heavy (non-hydrogen) atoms. The highest BCUT2D eigenvalue weighted by Crippen LogP contribution is 2.23. The Kier molecular flexibility index (Phi) is 6.70. The van der Waals surface area contributed by atoms with Gasteiger partial charge in [-0.05, 0) is 24.6 Å². The minimum atomic E-state index is -0.266. The second-order valence-corrected chi connectivity index (χ2v) is 5.71. The molecule has 0 saturated heterocycles. The predicted molar refractivity (Wildman–Crippen MR) is 94.0 cm³/mol. The van der Waals surface area contributed by atoms with Gasteiger partial charge in [0, 0.05) is 11.6 Å². The van der Waals surface area contributed by atoms with Crippen LogP contribution in [0.25, 0.3) is 0 Å². The first-order chi connectivity index (χ1) is 11.5. The smallest absolute Gasteiger partial charge is 0.251 e. The van der Waals surface area contributed by atoms with E-state index in [0.717, 1.165) is 0 Å². The van der Waals surface area contributed by atoms with Crippen LogP contribution in [0.4, 0.5) is 0 Å². The summed E-state index contributed by atoms with van der Waals surface area (Å²) in [4.78, 5) is 16.2. The Balaban J connectivity index is 1.95. The Bertz CT molecular complexity index is 710. The summed E-state index contributed by atoms with van der Waals surface area (Å²) in [5.41, 5.74) is 0.504. The fraction of sp³-hybridized carbons (Fsp3) is 0.235. The summed E-state index contributed by atoms with van der Waals surface area (Å²) in [5.74, 6) is 0.865. The first-order valence-electron chi connectivity index (χ1n) is 7.21. The van der Waals surface area contributed by atoms with Gasteiger partial charge in [0.2, 0.25) is 0 Å². The van der Waals surface area contributed by atoms with Gasteiger partial charge in [-0.3, -0.25) is 4.79 Å². The average molecular weight is 368 g/mol. The molecule has 1 amide bonds. The summed E-state index contributed by atoms with van der Waals surface area (Å²) in [6.45, 7) is 4.06. The van der Waals surface area contributed by atoms with E-state index in [1.165, 1.54) is 6.20 Å². The first-order valence-corrected chi connectivity index (χ1v) is 7.97. The summed E-state index contributed by atoms with van der Waals surface area (Å²) >= 11 is 11.6. The molecular formula is C17H17Cl2N2O3. The van der Waals surface area contributed by atoms with Crippen LogP contribution in [0.15, 0.2) is 36.5 Å². The zero-order valence-corrected chi connectivity index (χ0v) is 14.6. The van der Waals surface area contributed by atoms with Crippen molar-refractivity contribution in [2.24, 2.45) is 0 Å². The zero-order valence-electron chi connectivity index (χ0n) is 13.1. The molecule has 127 valence electrons.